The second-order valence-corrected chi connectivity index (χ2v) is 8.11. The highest BCUT2D eigenvalue weighted by atomic mass is 32.1. The van der Waals surface area contributed by atoms with Gasteiger partial charge in [-0.25, -0.2) is 0 Å². The number of benzene rings is 1. The Bertz CT molecular complexity index is 770. The number of nitrogens with zero attached hydrogens (tertiary/aromatic N) is 2. The van der Waals surface area contributed by atoms with Gasteiger partial charge in [-0.15, -0.1) is 11.3 Å². The zero-order chi connectivity index (χ0) is 18.4. The van der Waals surface area contributed by atoms with Crippen LogP contribution in [-0.2, 0) is 13.0 Å². The van der Waals surface area contributed by atoms with Crippen molar-refractivity contribution in [1.82, 2.24) is 10.6 Å². The monoisotopic (exact) mass is 368 g/mol. The second-order valence-electron chi connectivity index (χ2n) is 6.73. The third-order valence-electron chi connectivity index (χ3n) is 4.46. The van der Waals surface area contributed by atoms with E-state index in [2.05, 4.69) is 82.9 Å². The number of guanidine groups is 1. The molecule has 5 heteroatoms. The first-order valence-electron chi connectivity index (χ1n) is 9.15. The molecular formula is C21H28N4S. The van der Waals surface area contributed by atoms with Gasteiger partial charge in [0, 0.05) is 54.6 Å². The van der Waals surface area contributed by atoms with Crippen LogP contribution in [0.5, 0.6) is 0 Å². The number of hydrogen-bond acceptors (Lipinski definition) is 3. The molecule has 1 aliphatic rings. The summed E-state index contributed by atoms with van der Waals surface area (Å²) >= 11 is 1.86. The van der Waals surface area contributed by atoms with Gasteiger partial charge in [-0.1, -0.05) is 24.3 Å². The molecule has 0 spiro atoms. The highest BCUT2D eigenvalue weighted by Crippen LogP contribution is 2.18. The molecule has 0 aliphatic carbocycles. The van der Waals surface area contributed by atoms with Crippen molar-refractivity contribution in [3.8, 4) is 0 Å². The molecule has 0 amide bonds. The number of nitrogens with one attached hydrogen (secondary N) is 2. The van der Waals surface area contributed by atoms with E-state index in [1.807, 2.05) is 18.4 Å². The fraction of sp³-hybridized carbons (Fsp3) is 0.381. The summed E-state index contributed by atoms with van der Waals surface area (Å²) in [5.41, 5.74) is 2.54. The van der Waals surface area contributed by atoms with Crippen LogP contribution in [0.15, 0.2) is 53.5 Å². The van der Waals surface area contributed by atoms with Crippen LogP contribution < -0.4 is 15.5 Å². The first-order chi connectivity index (χ1) is 12.6. The smallest absolute Gasteiger partial charge is 0.191 e. The second kappa shape index (κ2) is 8.90. The van der Waals surface area contributed by atoms with Crippen molar-refractivity contribution in [3.63, 3.8) is 0 Å². The number of hydrogen-bond donors (Lipinski definition) is 2. The highest BCUT2D eigenvalue weighted by molar-refractivity contribution is 7.11. The van der Waals surface area contributed by atoms with Crippen LogP contribution in [-0.4, -0.2) is 32.1 Å². The number of aryl methyl sites for hydroxylation is 1. The van der Waals surface area contributed by atoms with E-state index in [1.165, 1.54) is 21.0 Å². The lowest BCUT2D eigenvalue weighted by Crippen LogP contribution is -2.42. The summed E-state index contributed by atoms with van der Waals surface area (Å²) in [5.74, 6) is 0.846. The van der Waals surface area contributed by atoms with Crippen molar-refractivity contribution in [2.75, 3.05) is 25.0 Å². The molecule has 4 nitrogen and oxygen atoms in total. The van der Waals surface area contributed by atoms with E-state index in [0.717, 1.165) is 32.0 Å². The van der Waals surface area contributed by atoms with Crippen LogP contribution in [0.4, 0.5) is 5.69 Å². The third kappa shape index (κ3) is 5.11. The molecule has 2 aromatic rings. The minimum atomic E-state index is 0.334. The molecule has 1 aliphatic heterocycles. The topological polar surface area (TPSA) is 39.7 Å². The lowest BCUT2D eigenvalue weighted by molar-refractivity contribution is 0.645. The van der Waals surface area contributed by atoms with Gasteiger partial charge < -0.3 is 15.5 Å². The third-order valence-corrected chi connectivity index (χ3v) is 5.49. The van der Waals surface area contributed by atoms with E-state index in [9.17, 15) is 0 Å². The van der Waals surface area contributed by atoms with Gasteiger partial charge in [0.2, 0.25) is 0 Å². The van der Waals surface area contributed by atoms with Crippen molar-refractivity contribution in [2.45, 2.75) is 32.9 Å². The van der Waals surface area contributed by atoms with E-state index < -0.39 is 0 Å². The Balaban J connectivity index is 1.51. The average molecular weight is 369 g/mol. The molecule has 0 radical (unpaired) electrons. The summed E-state index contributed by atoms with van der Waals surface area (Å²) in [4.78, 5) is 9.50. The predicted octanol–water partition coefficient (Wildman–Crippen LogP) is 3.73. The largest absolute Gasteiger partial charge is 0.364 e. The van der Waals surface area contributed by atoms with Crippen molar-refractivity contribution >= 4 is 23.0 Å². The van der Waals surface area contributed by atoms with Crippen LogP contribution >= 0.6 is 11.3 Å². The molecule has 1 unspecified atom stereocenters. The zero-order valence-electron chi connectivity index (χ0n) is 15.8. The number of rotatable bonds is 6. The molecule has 0 saturated carbocycles. The lowest BCUT2D eigenvalue weighted by Gasteiger charge is -2.20. The van der Waals surface area contributed by atoms with Gasteiger partial charge in [0.1, 0.15) is 0 Å². The van der Waals surface area contributed by atoms with E-state index >= 15 is 0 Å². The van der Waals surface area contributed by atoms with Gasteiger partial charge in [-0.2, -0.15) is 0 Å². The van der Waals surface area contributed by atoms with Crippen LogP contribution in [0.2, 0.25) is 0 Å². The van der Waals surface area contributed by atoms with Crippen molar-refractivity contribution in [2.24, 2.45) is 4.99 Å². The van der Waals surface area contributed by atoms with Crippen LogP contribution in [0.25, 0.3) is 0 Å². The summed E-state index contributed by atoms with van der Waals surface area (Å²) < 4.78 is 0. The van der Waals surface area contributed by atoms with Crippen LogP contribution in [0.1, 0.15) is 22.2 Å². The summed E-state index contributed by atoms with van der Waals surface area (Å²) in [6.45, 7) is 7.11. The van der Waals surface area contributed by atoms with E-state index in [1.54, 1.807) is 0 Å². The Hall–Kier alpha value is -2.27. The molecule has 2 N–H and O–H groups in total. The Labute approximate surface area is 160 Å². The standard InChI is InChI=1S/C21H28N4S/c1-16(13-20-10-9-17(2)26-20)24-21(22-3)23-15-18-7-6-8-19(14-18)25-11-4-5-12-25/h4-10,14,16H,11-13,15H2,1-3H3,(H2,22,23,24). The quantitative estimate of drug-likeness (QED) is 0.464. The first kappa shape index (κ1) is 18.5. The van der Waals surface area contributed by atoms with E-state index in [4.69, 9.17) is 0 Å². The predicted molar refractivity (Wildman–Crippen MR) is 113 cm³/mol. The molecule has 1 aromatic carbocycles. The molecule has 138 valence electrons. The summed E-state index contributed by atoms with van der Waals surface area (Å²) in [6, 6.07) is 13.4. The molecule has 3 rings (SSSR count). The fourth-order valence-electron chi connectivity index (χ4n) is 3.11. The molecule has 0 saturated heterocycles. The average Bonchev–Trinajstić information content (AvgIpc) is 3.31. The maximum atomic E-state index is 4.37. The van der Waals surface area contributed by atoms with E-state index in [0.29, 0.717) is 6.04 Å². The number of anilines is 1. The Morgan fingerprint density at radius 3 is 2.73 bits per heavy atom. The molecule has 2 heterocycles. The Morgan fingerprint density at radius 1 is 1.23 bits per heavy atom. The molecule has 1 aromatic heterocycles. The minimum absolute atomic E-state index is 0.334. The zero-order valence-corrected chi connectivity index (χ0v) is 16.6. The number of thiophene rings is 1. The Morgan fingerprint density at radius 2 is 2.04 bits per heavy atom. The Kier molecular flexibility index (Phi) is 6.34. The summed E-state index contributed by atoms with van der Waals surface area (Å²) in [7, 11) is 1.82. The maximum absolute atomic E-state index is 4.37. The number of aliphatic imine (C=N–C) groups is 1. The molecule has 0 bridgehead atoms. The highest BCUT2D eigenvalue weighted by Gasteiger charge is 2.10. The lowest BCUT2D eigenvalue weighted by atomic mass is 10.2. The molecule has 0 fully saturated rings. The fourth-order valence-corrected chi connectivity index (χ4v) is 4.13. The molecular weight excluding hydrogens is 340 g/mol. The van der Waals surface area contributed by atoms with Gasteiger partial charge in [0.05, 0.1) is 0 Å². The van der Waals surface area contributed by atoms with E-state index in [-0.39, 0.29) is 0 Å². The minimum Gasteiger partial charge on any atom is -0.364 e. The first-order valence-corrected chi connectivity index (χ1v) is 9.97. The maximum Gasteiger partial charge on any atom is 0.191 e. The van der Waals surface area contributed by atoms with Crippen molar-refractivity contribution < 1.29 is 0 Å². The van der Waals surface area contributed by atoms with Gasteiger partial charge in [0.25, 0.3) is 0 Å². The van der Waals surface area contributed by atoms with Crippen LogP contribution in [0.3, 0.4) is 0 Å². The van der Waals surface area contributed by atoms with Gasteiger partial charge in [-0.05, 0) is 43.7 Å². The molecule has 1 atom stereocenters. The van der Waals surface area contributed by atoms with Gasteiger partial charge in [-0.3, -0.25) is 4.99 Å². The summed E-state index contributed by atoms with van der Waals surface area (Å²) in [5, 5.41) is 6.92. The van der Waals surface area contributed by atoms with Crippen molar-refractivity contribution in [3.05, 3.63) is 63.9 Å². The van der Waals surface area contributed by atoms with Gasteiger partial charge in [0.15, 0.2) is 5.96 Å². The molecule has 26 heavy (non-hydrogen) atoms. The van der Waals surface area contributed by atoms with Crippen LogP contribution in [0, 0.1) is 6.92 Å². The van der Waals surface area contributed by atoms with Crippen molar-refractivity contribution in [1.29, 1.82) is 0 Å². The summed E-state index contributed by atoms with van der Waals surface area (Å²) in [6.07, 6.45) is 5.44. The normalized spacial score (nSPS) is 15.3. The van der Waals surface area contributed by atoms with Gasteiger partial charge >= 0.3 is 0 Å². The SMILES string of the molecule is CN=C(NCc1cccc(N2CC=CC2)c1)NC(C)Cc1ccc(C)s1.